The van der Waals surface area contributed by atoms with Crippen molar-refractivity contribution < 1.29 is 13.6 Å². The monoisotopic (exact) mass is 362 g/mol. The van der Waals surface area contributed by atoms with E-state index in [1.165, 1.54) is 16.7 Å². The second kappa shape index (κ2) is 7.11. The molecular weight excluding hydrogens is 347 g/mol. The van der Waals surface area contributed by atoms with Gasteiger partial charge in [0.2, 0.25) is 5.91 Å². The molecule has 0 aliphatic carbocycles. The van der Waals surface area contributed by atoms with E-state index in [1.54, 1.807) is 37.3 Å². The molecule has 0 radical (unpaired) electrons. The molecule has 1 unspecified atom stereocenters. The SMILES string of the molecule is CC(NC(=O)CCn1c(=O)oc2ccccc21)c1ccc(F)c(Cl)c1. The molecule has 0 fully saturated rings. The van der Waals surface area contributed by atoms with Crippen molar-refractivity contribution in [2.24, 2.45) is 0 Å². The Morgan fingerprint density at radius 3 is 2.84 bits per heavy atom. The van der Waals surface area contributed by atoms with E-state index in [-0.39, 0.29) is 29.9 Å². The van der Waals surface area contributed by atoms with E-state index in [2.05, 4.69) is 5.32 Å². The van der Waals surface area contributed by atoms with Crippen LogP contribution in [0.25, 0.3) is 11.1 Å². The third-order valence-corrected chi connectivity index (χ3v) is 4.25. The number of hydrogen-bond acceptors (Lipinski definition) is 3. The lowest BCUT2D eigenvalue weighted by Crippen LogP contribution is -2.28. The lowest BCUT2D eigenvalue weighted by Gasteiger charge is -2.15. The fourth-order valence-electron chi connectivity index (χ4n) is 2.62. The summed E-state index contributed by atoms with van der Waals surface area (Å²) in [5.41, 5.74) is 1.84. The van der Waals surface area contributed by atoms with Gasteiger partial charge in [0.05, 0.1) is 16.6 Å². The highest BCUT2D eigenvalue weighted by atomic mass is 35.5. The molecule has 1 aromatic heterocycles. The predicted molar refractivity (Wildman–Crippen MR) is 93.1 cm³/mol. The molecule has 0 aliphatic rings. The van der Waals surface area contributed by atoms with Gasteiger partial charge in [-0.05, 0) is 36.8 Å². The van der Waals surface area contributed by atoms with Gasteiger partial charge in [0, 0.05) is 13.0 Å². The molecule has 130 valence electrons. The van der Waals surface area contributed by atoms with Gasteiger partial charge in [-0.2, -0.15) is 0 Å². The predicted octanol–water partition coefficient (Wildman–Crippen LogP) is 3.65. The van der Waals surface area contributed by atoms with E-state index in [0.717, 1.165) is 0 Å². The topological polar surface area (TPSA) is 64.2 Å². The smallest absolute Gasteiger partial charge is 0.408 e. The normalized spacial score (nSPS) is 12.3. The number of rotatable bonds is 5. The number of carbonyl (C=O) groups excluding carboxylic acids is 1. The van der Waals surface area contributed by atoms with Gasteiger partial charge in [0.25, 0.3) is 0 Å². The van der Waals surface area contributed by atoms with Gasteiger partial charge in [-0.25, -0.2) is 9.18 Å². The van der Waals surface area contributed by atoms with Crippen molar-refractivity contribution in [2.45, 2.75) is 25.9 Å². The standard InChI is InChI=1S/C18H16ClFN2O3/c1-11(12-6-7-14(20)13(19)10-12)21-17(23)8-9-22-15-4-2-3-5-16(15)25-18(22)24/h2-7,10-11H,8-9H2,1H3,(H,21,23). The number of halogens is 2. The van der Waals surface area contributed by atoms with Crippen molar-refractivity contribution in [3.8, 4) is 0 Å². The first-order valence-electron chi connectivity index (χ1n) is 7.78. The number of nitrogens with one attached hydrogen (secondary N) is 1. The van der Waals surface area contributed by atoms with E-state index in [1.807, 2.05) is 0 Å². The molecule has 1 N–H and O–H groups in total. The van der Waals surface area contributed by atoms with E-state index >= 15 is 0 Å². The fraction of sp³-hybridized carbons (Fsp3) is 0.222. The number of carbonyl (C=O) groups is 1. The summed E-state index contributed by atoms with van der Waals surface area (Å²) in [5.74, 6) is -1.23. The van der Waals surface area contributed by atoms with Gasteiger partial charge in [0.1, 0.15) is 5.82 Å². The van der Waals surface area contributed by atoms with Crippen molar-refractivity contribution in [1.29, 1.82) is 0 Å². The van der Waals surface area contributed by atoms with Gasteiger partial charge in [-0.15, -0.1) is 0 Å². The fourth-order valence-corrected chi connectivity index (χ4v) is 2.81. The zero-order chi connectivity index (χ0) is 18.0. The van der Waals surface area contributed by atoms with Crippen molar-refractivity contribution in [2.75, 3.05) is 0 Å². The molecular formula is C18H16ClFN2O3. The first-order chi connectivity index (χ1) is 12.0. The Balaban J connectivity index is 1.65. The number of amides is 1. The Hall–Kier alpha value is -2.60. The number of para-hydroxylation sites is 2. The van der Waals surface area contributed by atoms with Crippen LogP contribution in [0.1, 0.15) is 24.9 Å². The minimum absolute atomic E-state index is 0.00928. The third-order valence-electron chi connectivity index (χ3n) is 3.96. The molecule has 25 heavy (non-hydrogen) atoms. The minimum atomic E-state index is -0.504. The van der Waals surface area contributed by atoms with Crippen LogP contribution in [0.4, 0.5) is 4.39 Å². The van der Waals surface area contributed by atoms with E-state index in [0.29, 0.717) is 16.7 Å². The summed E-state index contributed by atoms with van der Waals surface area (Å²) in [6.45, 7) is 1.99. The molecule has 3 aromatic rings. The van der Waals surface area contributed by atoms with Gasteiger partial charge in [-0.1, -0.05) is 29.8 Å². The highest BCUT2D eigenvalue weighted by Gasteiger charge is 2.14. The minimum Gasteiger partial charge on any atom is -0.408 e. The van der Waals surface area contributed by atoms with Crippen LogP contribution in [0.15, 0.2) is 51.7 Å². The zero-order valence-corrected chi connectivity index (χ0v) is 14.2. The summed E-state index contributed by atoms with van der Waals surface area (Å²) >= 11 is 5.76. The second-order valence-electron chi connectivity index (χ2n) is 5.70. The maximum atomic E-state index is 13.2. The molecule has 0 spiro atoms. The third kappa shape index (κ3) is 3.74. The average molecular weight is 363 g/mol. The van der Waals surface area contributed by atoms with E-state index < -0.39 is 11.6 Å². The Kier molecular flexibility index (Phi) is 4.90. The Morgan fingerprint density at radius 1 is 1.32 bits per heavy atom. The molecule has 0 saturated heterocycles. The largest absolute Gasteiger partial charge is 0.419 e. The Labute approximate surface area is 148 Å². The first-order valence-corrected chi connectivity index (χ1v) is 8.16. The quantitative estimate of drug-likeness (QED) is 0.753. The number of aryl methyl sites for hydroxylation is 1. The molecule has 2 aromatic carbocycles. The molecule has 0 aliphatic heterocycles. The van der Waals surface area contributed by atoms with Crippen LogP contribution >= 0.6 is 11.6 Å². The van der Waals surface area contributed by atoms with Gasteiger partial charge < -0.3 is 9.73 Å². The zero-order valence-electron chi connectivity index (χ0n) is 13.5. The summed E-state index contributed by atoms with van der Waals surface area (Å²) in [4.78, 5) is 24.0. The maximum Gasteiger partial charge on any atom is 0.419 e. The van der Waals surface area contributed by atoms with Crippen LogP contribution in [0, 0.1) is 5.82 Å². The van der Waals surface area contributed by atoms with Crippen molar-refractivity contribution >= 4 is 28.6 Å². The van der Waals surface area contributed by atoms with Crippen LogP contribution in [-0.2, 0) is 11.3 Å². The van der Waals surface area contributed by atoms with Gasteiger partial charge >= 0.3 is 5.76 Å². The molecule has 7 heteroatoms. The molecule has 5 nitrogen and oxygen atoms in total. The van der Waals surface area contributed by atoms with Crippen LogP contribution < -0.4 is 11.1 Å². The molecule has 1 atom stereocenters. The highest BCUT2D eigenvalue weighted by molar-refractivity contribution is 6.30. The number of fused-ring (bicyclic) bond motifs is 1. The van der Waals surface area contributed by atoms with Crippen molar-refractivity contribution in [1.82, 2.24) is 9.88 Å². The average Bonchev–Trinajstić information content (AvgIpc) is 2.90. The summed E-state index contributed by atoms with van der Waals surface area (Å²) in [5, 5.41) is 2.82. The summed E-state index contributed by atoms with van der Waals surface area (Å²) < 4.78 is 19.8. The second-order valence-corrected chi connectivity index (χ2v) is 6.11. The lowest BCUT2D eigenvalue weighted by atomic mass is 10.1. The van der Waals surface area contributed by atoms with Gasteiger partial charge in [-0.3, -0.25) is 9.36 Å². The molecule has 0 saturated carbocycles. The summed E-state index contributed by atoms with van der Waals surface area (Å²) in [7, 11) is 0. The van der Waals surface area contributed by atoms with Crippen molar-refractivity contribution in [3.05, 3.63) is 69.4 Å². The number of hydrogen-bond donors (Lipinski definition) is 1. The Bertz CT molecular complexity index is 980. The van der Waals surface area contributed by atoms with Crippen molar-refractivity contribution in [3.63, 3.8) is 0 Å². The number of nitrogens with zero attached hydrogens (tertiary/aromatic N) is 1. The number of oxazole rings is 1. The van der Waals surface area contributed by atoms with E-state index in [4.69, 9.17) is 16.0 Å². The highest BCUT2D eigenvalue weighted by Crippen LogP contribution is 2.20. The summed E-state index contributed by atoms with van der Waals surface area (Å²) in [6, 6.07) is 11.0. The van der Waals surface area contributed by atoms with Crippen LogP contribution in [0.5, 0.6) is 0 Å². The van der Waals surface area contributed by atoms with Gasteiger partial charge in [0.15, 0.2) is 5.58 Å². The molecule has 0 bridgehead atoms. The maximum absolute atomic E-state index is 13.2. The summed E-state index contributed by atoms with van der Waals surface area (Å²) in [6.07, 6.45) is 0.114. The molecule has 1 amide bonds. The van der Waals surface area contributed by atoms with Crippen LogP contribution in [-0.4, -0.2) is 10.5 Å². The molecule has 1 heterocycles. The Morgan fingerprint density at radius 2 is 2.08 bits per heavy atom. The first kappa shape index (κ1) is 17.2. The number of benzene rings is 2. The van der Waals surface area contributed by atoms with Crippen LogP contribution in [0.3, 0.4) is 0 Å². The van der Waals surface area contributed by atoms with Crippen LogP contribution in [0.2, 0.25) is 5.02 Å². The lowest BCUT2D eigenvalue weighted by molar-refractivity contribution is -0.121. The molecule has 3 rings (SSSR count). The van der Waals surface area contributed by atoms with E-state index in [9.17, 15) is 14.0 Å². The number of aromatic nitrogens is 1.